The molecule has 2 aromatic carbocycles. The van der Waals surface area contributed by atoms with Crippen LogP contribution in [0.2, 0.25) is 5.02 Å². The third-order valence-electron chi connectivity index (χ3n) is 4.35. The molecule has 0 aliphatic carbocycles. The van der Waals surface area contributed by atoms with Crippen molar-refractivity contribution in [2.75, 3.05) is 37.6 Å². The van der Waals surface area contributed by atoms with Crippen molar-refractivity contribution < 1.29 is 17.6 Å². The van der Waals surface area contributed by atoms with Gasteiger partial charge in [0.05, 0.1) is 6.54 Å². The van der Waals surface area contributed by atoms with Gasteiger partial charge < -0.3 is 9.80 Å². The maximum absolute atomic E-state index is 13.7. The van der Waals surface area contributed by atoms with E-state index >= 15 is 0 Å². The number of anilines is 1. The maximum atomic E-state index is 13.7. The zero-order valence-electron chi connectivity index (χ0n) is 14.4. The van der Waals surface area contributed by atoms with Gasteiger partial charge in [-0.25, -0.2) is 17.5 Å². The molecule has 2 aromatic rings. The van der Waals surface area contributed by atoms with Gasteiger partial charge in [0.2, 0.25) is 15.9 Å². The molecule has 3 rings (SSSR count). The van der Waals surface area contributed by atoms with Crippen LogP contribution in [-0.2, 0) is 14.8 Å². The molecule has 9 heteroatoms. The van der Waals surface area contributed by atoms with Crippen LogP contribution in [0.5, 0.6) is 0 Å². The Labute approximate surface area is 162 Å². The molecule has 6 nitrogen and oxygen atoms in total. The second-order valence-electron chi connectivity index (χ2n) is 6.10. The summed E-state index contributed by atoms with van der Waals surface area (Å²) in [7, 11) is -4.08. The fourth-order valence-electron chi connectivity index (χ4n) is 2.90. The Morgan fingerprint density at radius 2 is 1.78 bits per heavy atom. The SMILES string of the molecule is O=C(CNS(=O)(=O)c1ccccc1F)N1CCN(c2cccc(Cl)c2)CC1. The van der Waals surface area contributed by atoms with Gasteiger partial charge in [-0.15, -0.1) is 0 Å². The molecule has 1 aliphatic heterocycles. The average Bonchev–Trinajstić information content (AvgIpc) is 2.66. The van der Waals surface area contributed by atoms with E-state index in [-0.39, 0.29) is 5.91 Å². The van der Waals surface area contributed by atoms with Crippen LogP contribution in [0, 0.1) is 5.82 Å². The summed E-state index contributed by atoms with van der Waals surface area (Å²) in [6, 6.07) is 12.5. The largest absolute Gasteiger partial charge is 0.368 e. The summed E-state index contributed by atoms with van der Waals surface area (Å²) in [5.74, 6) is -1.20. The fraction of sp³-hybridized carbons (Fsp3) is 0.278. The molecule has 0 spiro atoms. The molecule has 1 saturated heterocycles. The number of amides is 1. The molecular weight excluding hydrogens is 393 g/mol. The second-order valence-corrected chi connectivity index (χ2v) is 8.27. The van der Waals surface area contributed by atoms with Gasteiger partial charge in [-0.1, -0.05) is 29.8 Å². The maximum Gasteiger partial charge on any atom is 0.243 e. The fourth-order valence-corrected chi connectivity index (χ4v) is 4.13. The van der Waals surface area contributed by atoms with Gasteiger partial charge in [-0.05, 0) is 30.3 Å². The summed E-state index contributed by atoms with van der Waals surface area (Å²) in [6.07, 6.45) is 0. The zero-order valence-corrected chi connectivity index (χ0v) is 16.0. The highest BCUT2D eigenvalue weighted by molar-refractivity contribution is 7.89. The number of carbonyl (C=O) groups is 1. The molecule has 1 heterocycles. The molecule has 1 aliphatic rings. The minimum Gasteiger partial charge on any atom is -0.368 e. The molecule has 1 fully saturated rings. The molecule has 27 heavy (non-hydrogen) atoms. The lowest BCUT2D eigenvalue weighted by molar-refractivity contribution is -0.130. The zero-order chi connectivity index (χ0) is 19.4. The molecule has 1 amide bonds. The van der Waals surface area contributed by atoms with Gasteiger partial charge in [0, 0.05) is 36.9 Å². The Kier molecular flexibility index (Phi) is 5.98. The lowest BCUT2D eigenvalue weighted by Crippen LogP contribution is -2.51. The third-order valence-corrected chi connectivity index (χ3v) is 6.01. The molecule has 0 unspecified atom stereocenters. The van der Waals surface area contributed by atoms with E-state index in [0.29, 0.717) is 31.2 Å². The van der Waals surface area contributed by atoms with Crippen molar-refractivity contribution in [3.05, 3.63) is 59.4 Å². The lowest BCUT2D eigenvalue weighted by Gasteiger charge is -2.36. The van der Waals surface area contributed by atoms with Gasteiger partial charge in [0.15, 0.2) is 0 Å². The van der Waals surface area contributed by atoms with Crippen molar-refractivity contribution in [2.45, 2.75) is 4.90 Å². The predicted molar refractivity (Wildman–Crippen MR) is 102 cm³/mol. The highest BCUT2D eigenvalue weighted by atomic mass is 35.5. The number of halogens is 2. The first kappa shape index (κ1) is 19.6. The number of nitrogens with zero attached hydrogens (tertiary/aromatic N) is 2. The molecular formula is C18H19ClFN3O3S. The summed E-state index contributed by atoms with van der Waals surface area (Å²) < 4.78 is 40.2. The second kappa shape index (κ2) is 8.24. The van der Waals surface area contributed by atoms with Crippen LogP contribution in [0.4, 0.5) is 10.1 Å². The van der Waals surface area contributed by atoms with Crippen LogP contribution >= 0.6 is 11.6 Å². The number of sulfonamides is 1. The summed E-state index contributed by atoms with van der Waals surface area (Å²) in [6.45, 7) is 1.76. The van der Waals surface area contributed by atoms with E-state index < -0.39 is 27.3 Å². The summed E-state index contributed by atoms with van der Waals surface area (Å²) in [5, 5.41) is 0.647. The van der Waals surface area contributed by atoms with E-state index in [4.69, 9.17) is 11.6 Å². The summed E-state index contributed by atoms with van der Waals surface area (Å²) in [4.78, 5) is 15.6. The van der Waals surface area contributed by atoms with Crippen molar-refractivity contribution in [3.63, 3.8) is 0 Å². The van der Waals surface area contributed by atoms with Crippen molar-refractivity contribution in [1.82, 2.24) is 9.62 Å². The highest BCUT2D eigenvalue weighted by Gasteiger charge is 2.24. The Morgan fingerprint density at radius 1 is 1.07 bits per heavy atom. The molecule has 0 aromatic heterocycles. The number of hydrogen-bond donors (Lipinski definition) is 1. The van der Waals surface area contributed by atoms with Crippen LogP contribution in [-0.4, -0.2) is 51.9 Å². The van der Waals surface area contributed by atoms with E-state index in [0.717, 1.165) is 17.8 Å². The van der Waals surface area contributed by atoms with Gasteiger partial charge in [-0.2, -0.15) is 0 Å². The first-order valence-corrected chi connectivity index (χ1v) is 10.3. The molecule has 0 bridgehead atoms. The Hall–Kier alpha value is -2.16. The number of benzene rings is 2. The Balaban J connectivity index is 1.55. The van der Waals surface area contributed by atoms with E-state index in [1.807, 2.05) is 18.2 Å². The van der Waals surface area contributed by atoms with Crippen molar-refractivity contribution in [3.8, 4) is 0 Å². The van der Waals surface area contributed by atoms with Crippen molar-refractivity contribution >= 4 is 33.2 Å². The highest BCUT2D eigenvalue weighted by Crippen LogP contribution is 2.20. The van der Waals surface area contributed by atoms with Crippen LogP contribution in [0.25, 0.3) is 0 Å². The van der Waals surface area contributed by atoms with E-state index in [2.05, 4.69) is 9.62 Å². The van der Waals surface area contributed by atoms with Crippen LogP contribution < -0.4 is 9.62 Å². The summed E-state index contributed by atoms with van der Waals surface area (Å²) in [5.41, 5.74) is 0.981. The normalized spacial score (nSPS) is 15.0. The molecule has 0 radical (unpaired) electrons. The van der Waals surface area contributed by atoms with Gasteiger partial charge >= 0.3 is 0 Å². The van der Waals surface area contributed by atoms with Crippen LogP contribution in [0.15, 0.2) is 53.4 Å². The molecule has 0 saturated carbocycles. The van der Waals surface area contributed by atoms with Crippen molar-refractivity contribution in [2.24, 2.45) is 0 Å². The molecule has 0 atom stereocenters. The monoisotopic (exact) mass is 411 g/mol. The predicted octanol–water partition coefficient (Wildman–Crippen LogP) is 2.11. The number of piperazine rings is 1. The number of hydrogen-bond acceptors (Lipinski definition) is 4. The lowest BCUT2D eigenvalue weighted by atomic mass is 10.2. The molecule has 144 valence electrons. The Morgan fingerprint density at radius 3 is 2.44 bits per heavy atom. The minimum atomic E-state index is -4.08. The van der Waals surface area contributed by atoms with E-state index in [1.165, 1.54) is 12.1 Å². The van der Waals surface area contributed by atoms with Gasteiger partial charge in [0.25, 0.3) is 0 Å². The standard InChI is InChI=1S/C18H19ClFN3O3S/c19-14-4-3-5-15(12-14)22-8-10-23(11-9-22)18(24)13-21-27(25,26)17-7-2-1-6-16(17)20/h1-7,12,21H,8-11,13H2. The van der Waals surface area contributed by atoms with Crippen molar-refractivity contribution in [1.29, 1.82) is 0 Å². The first-order valence-electron chi connectivity index (χ1n) is 8.39. The van der Waals surface area contributed by atoms with Gasteiger partial charge in [0.1, 0.15) is 10.7 Å². The topological polar surface area (TPSA) is 69.7 Å². The van der Waals surface area contributed by atoms with E-state index in [1.54, 1.807) is 11.0 Å². The Bertz CT molecular complexity index is 931. The molecule has 1 N–H and O–H groups in total. The first-order chi connectivity index (χ1) is 12.9. The van der Waals surface area contributed by atoms with E-state index in [9.17, 15) is 17.6 Å². The summed E-state index contributed by atoms with van der Waals surface area (Å²) >= 11 is 6.01. The average molecular weight is 412 g/mol. The third kappa shape index (κ3) is 4.77. The van der Waals surface area contributed by atoms with Crippen LogP contribution in [0.3, 0.4) is 0 Å². The smallest absolute Gasteiger partial charge is 0.243 e. The quantitative estimate of drug-likeness (QED) is 0.818. The number of carbonyl (C=O) groups excluding carboxylic acids is 1. The minimum absolute atomic E-state index is 0.347. The number of nitrogens with one attached hydrogen (secondary N) is 1. The number of rotatable bonds is 5. The van der Waals surface area contributed by atoms with Gasteiger partial charge in [-0.3, -0.25) is 4.79 Å². The van der Waals surface area contributed by atoms with Crippen LogP contribution in [0.1, 0.15) is 0 Å².